The first-order chi connectivity index (χ1) is 12.4. The van der Waals surface area contributed by atoms with Gasteiger partial charge in [0.05, 0.1) is 23.6 Å². The number of aryl methyl sites for hydroxylation is 1. The average Bonchev–Trinajstić information content (AvgIpc) is 2.84. The van der Waals surface area contributed by atoms with Crippen molar-refractivity contribution in [3.05, 3.63) is 76.3 Å². The van der Waals surface area contributed by atoms with Crippen LogP contribution in [0.5, 0.6) is 0 Å². The van der Waals surface area contributed by atoms with E-state index in [4.69, 9.17) is 23.8 Å². The first-order valence-electron chi connectivity index (χ1n) is 8.05. The number of nitrogens with one attached hydrogen (secondary N) is 2. The van der Waals surface area contributed by atoms with Crippen LogP contribution in [0.1, 0.15) is 17.0 Å². The Kier molecular flexibility index (Phi) is 5.54. The highest BCUT2D eigenvalue weighted by Crippen LogP contribution is 2.22. The summed E-state index contributed by atoms with van der Waals surface area (Å²) in [5, 5.41) is 11.8. The van der Waals surface area contributed by atoms with Crippen molar-refractivity contribution in [2.24, 2.45) is 0 Å². The summed E-state index contributed by atoms with van der Waals surface area (Å²) in [7, 11) is 0. The highest BCUT2D eigenvalue weighted by atomic mass is 35.5. The summed E-state index contributed by atoms with van der Waals surface area (Å²) >= 11 is 11.4. The van der Waals surface area contributed by atoms with Gasteiger partial charge in [0.2, 0.25) is 0 Å². The van der Waals surface area contributed by atoms with E-state index in [-0.39, 0.29) is 5.82 Å². The van der Waals surface area contributed by atoms with Gasteiger partial charge in [0.25, 0.3) is 0 Å². The Bertz CT molecular complexity index is 954. The number of rotatable bonds is 4. The van der Waals surface area contributed by atoms with E-state index in [1.165, 1.54) is 6.07 Å². The van der Waals surface area contributed by atoms with Gasteiger partial charge in [0.1, 0.15) is 5.82 Å². The first kappa shape index (κ1) is 18.4. The molecule has 0 bridgehead atoms. The van der Waals surface area contributed by atoms with Crippen LogP contribution in [0.3, 0.4) is 0 Å². The van der Waals surface area contributed by atoms with E-state index in [9.17, 15) is 4.39 Å². The Hall–Kier alpha value is -2.44. The molecule has 0 saturated carbocycles. The number of hydrogen-bond acceptors (Lipinski definition) is 2. The molecule has 26 heavy (non-hydrogen) atoms. The second-order valence-electron chi connectivity index (χ2n) is 5.88. The third-order valence-electron chi connectivity index (χ3n) is 3.98. The molecule has 0 atom stereocenters. The molecule has 0 spiro atoms. The third kappa shape index (κ3) is 4.20. The monoisotopic (exact) mass is 388 g/mol. The number of aromatic nitrogens is 2. The topological polar surface area (TPSA) is 41.9 Å². The second-order valence-corrected chi connectivity index (χ2v) is 6.73. The molecule has 3 aromatic rings. The summed E-state index contributed by atoms with van der Waals surface area (Å²) in [6, 6.07) is 14.0. The Balaban J connectivity index is 1.75. The van der Waals surface area contributed by atoms with E-state index < -0.39 is 0 Å². The van der Waals surface area contributed by atoms with Gasteiger partial charge in [-0.2, -0.15) is 5.10 Å². The van der Waals surface area contributed by atoms with Crippen molar-refractivity contribution in [3.63, 3.8) is 0 Å². The minimum Gasteiger partial charge on any atom is -0.332 e. The summed E-state index contributed by atoms with van der Waals surface area (Å²) in [5.41, 5.74) is 3.85. The van der Waals surface area contributed by atoms with Gasteiger partial charge in [-0.1, -0.05) is 35.9 Å². The largest absolute Gasteiger partial charge is 0.332 e. The minimum absolute atomic E-state index is 0.243. The molecule has 1 heterocycles. The van der Waals surface area contributed by atoms with Crippen molar-refractivity contribution in [1.82, 2.24) is 9.78 Å². The van der Waals surface area contributed by atoms with E-state index in [0.29, 0.717) is 22.2 Å². The van der Waals surface area contributed by atoms with Crippen molar-refractivity contribution in [1.29, 1.82) is 0 Å². The van der Waals surface area contributed by atoms with Crippen LogP contribution >= 0.6 is 23.8 Å². The van der Waals surface area contributed by atoms with Crippen LogP contribution in [0.4, 0.5) is 15.8 Å². The summed E-state index contributed by atoms with van der Waals surface area (Å²) in [6.07, 6.45) is 0. The van der Waals surface area contributed by atoms with Crippen LogP contribution in [0, 0.1) is 19.7 Å². The second kappa shape index (κ2) is 7.85. The third-order valence-corrected chi connectivity index (χ3v) is 4.42. The average molecular weight is 389 g/mol. The molecule has 4 nitrogen and oxygen atoms in total. The fourth-order valence-corrected chi connectivity index (χ4v) is 3.07. The van der Waals surface area contributed by atoms with Crippen molar-refractivity contribution in [3.8, 4) is 0 Å². The van der Waals surface area contributed by atoms with Crippen molar-refractivity contribution in [2.45, 2.75) is 20.4 Å². The molecule has 0 aliphatic heterocycles. The van der Waals surface area contributed by atoms with Crippen LogP contribution in [-0.2, 0) is 6.54 Å². The predicted octanol–water partition coefficient (Wildman–Crippen LogP) is 5.15. The Morgan fingerprint density at radius 2 is 1.92 bits per heavy atom. The number of anilines is 2. The summed E-state index contributed by atoms with van der Waals surface area (Å²) < 4.78 is 15.7. The summed E-state index contributed by atoms with van der Waals surface area (Å²) in [5.74, 6) is -0.243. The van der Waals surface area contributed by atoms with E-state index in [1.807, 2.05) is 32.0 Å². The Labute approximate surface area is 162 Å². The van der Waals surface area contributed by atoms with Gasteiger partial charge in [-0.15, -0.1) is 0 Å². The zero-order valence-electron chi connectivity index (χ0n) is 14.4. The molecule has 7 heteroatoms. The van der Waals surface area contributed by atoms with Gasteiger partial charge in [-0.05, 0) is 50.3 Å². The Morgan fingerprint density at radius 3 is 2.65 bits per heavy atom. The lowest BCUT2D eigenvalue weighted by Crippen LogP contribution is -2.20. The van der Waals surface area contributed by atoms with Crippen molar-refractivity contribution in [2.75, 3.05) is 10.6 Å². The maximum atomic E-state index is 13.9. The maximum Gasteiger partial charge on any atom is 0.175 e. The number of benzene rings is 2. The molecule has 0 saturated heterocycles. The lowest BCUT2D eigenvalue weighted by Gasteiger charge is -2.11. The SMILES string of the molecule is Cc1nn(Cc2ccccc2F)c(C)c1NC(=S)Nc1cccc(Cl)c1. The molecule has 0 aliphatic carbocycles. The van der Waals surface area contributed by atoms with Gasteiger partial charge < -0.3 is 10.6 Å². The van der Waals surface area contributed by atoms with Gasteiger partial charge in [0.15, 0.2) is 5.11 Å². The molecule has 0 unspecified atom stereocenters. The fraction of sp³-hybridized carbons (Fsp3) is 0.158. The van der Waals surface area contributed by atoms with Crippen molar-refractivity contribution >= 4 is 40.3 Å². The van der Waals surface area contributed by atoms with Crippen LogP contribution in [0.15, 0.2) is 48.5 Å². The number of nitrogens with zero attached hydrogens (tertiary/aromatic N) is 2. The highest BCUT2D eigenvalue weighted by Gasteiger charge is 2.14. The summed E-state index contributed by atoms with van der Waals surface area (Å²) in [4.78, 5) is 0. The maximum absolute atomic E-state index is 13.9. The number of hydrogen-bond donors (Lipinski definition) is 2. The van der Waals surface area contributed by atoms with Gasteiger partial charge in [-0.25, -0.2) is 4.39 Å². The van der Waals surface area contributed by atoms with Gasteiger partial charge >= 0.3 is 0 Å². The lowest BCUT2D eigenvalue weighted by atomic mass is 10.2. The van der Waals surface area contributed by atoms with Crippen LogP contribution in [0.25, 0.3) is 0 Å². The molecule has 2 N–H and O–H groups in total. The normalized spacial score (nSPS) is 10.6. The van der Waals surface area contributed by atoms with E-state index in [2.05, 4.69) is 15.7 Å². The van der Waals surface area contributed by atoms with Crippen molar-refractivity contribution < 1.29 is 4.39 Å². The van der Waals surface area contributed by atoms with E-state index >= 15 is 0 Å². The zero-order valence-corrected chi connectivity index (χ0v) is 16.0. The van der Waals surface area contributed by atoms with Crippen LogP contribution in [-0.4, -0.2) is 14.9 Å². The zero-order chi connectivity index (χ0) is 18.7. The van der Waals surface area contributed by atoms with E-state index in [1.54, 1.807) is 28.9 Å². The molecule has 134 valence electrons. The molecule has 0 fully saturated rings. The summed E-state index contributed by atoms with van der Waals surface area (Å²) in [6.45, 7) is 4.16. The van der Waals surface area contributed by atoms with E-state index in [0.717, 1.165) is 22.8 Å². The number of halogens is 2. The van der Waals surface area contributed by atoms with Gasteiger partial charge in [0, 0.05) is 16.3 Å². The van der Waals surface area contributed by atoms with Gasteiger partial charge in [-0.3, -0.25) is 4.68 Å². The number of thiocarbonyl (C=S) groups is 1. The van der Waals surface area contributed by atoms with Crippen LogP contribution in [0.2, 0.25) is 5.02 Å². The van der Waals surface area contributed by atoms with Crippen LogP contribution < -0.4 is 10.6 Å². The smallest absolute Gasteiger partial charge is 0.175 e. The molecule has 0 aliphatic rings. The standard InChI is InChI=1S/C19H18ClFN4S/c1-12-18(23-19(26)22-16-8-5-7-15(20)10-16)13(2)25(24-12)11-14-6-3-4-9-17(14)21/h3-10H,11H2,1-2H3,(H2,22,23,26). The lowest BCUT2D eigenvalue weighted by molar-refractivity contribution is 0.579. The highest BCUT2D eigenvalue weighted by molar-refractivity contribution is 7.80. The molecule has 1 aromatic heterocycles. The molecule has 0 amide bonds. The fourth-order valence-electron chi connectivity index (χ4n) is 2.66. The predicted molar refractivity (Wildman–Crippen MR) is 108 cm³/mol. The first-order valence-corrected chi connectivity index (χ1v) is 8.83. The molecular formula is C19H18ClFN4S. The minimum atomic E-state index is -0.243. The molecule has 3 rings (SSSR count). The molecule has 2 aromatic carbocycles. The molecule has 0 radical (unpaired) electrons. The molecular weight excluding hydrogens is 371 g/mol. The Morgan fingerprint density at radius 1 is 1.15 bits per heavy atom. The quantitative estimate of drug-likeness (QED) is 0.606.